The highest BCUT2D eigenvalue weighted by Crippen LogP contribution is 2.48. The van der Waals surface area contributed by atoms with E-state index in [4.69, 9.17) is 4.74 Å². The maximum absolute atomic E-state index is 12.8. The second kappa shape index (κ2) is 7.63. The Morgan fingerprint density at radius 2 is 1.73 bits per heavy atom. The molecule has 0 bridgehead atoms. The van der Waals surface area contributed by atoms with Crippen molar-refractivity contribution in [3.63, 3.8) is 0 Å². The van der Waals surface area contributed by atoms with Gasteiger partial charge >= 0.3 is 0 Å². The summed E-state index contributed by atoms with van der Waals surface area (Å²) in [5, 5.41) is 0.824. The standard InChI is InChI=1S/C23H26N4O2S/c1-23(21(28)24-22-27(23)18-8-4-6-10-20(18)30-22)11-12-25-13-15-26(16-14-25)17-7-3-5-9-19(17)29-2/h3-10H,11-16H2,1-2H3. The lowest BCUT2D eigenvalue weighted by atomic mass is 9.94. The molecule has 1 atom stereocenters. The minimum Gasteiger partial charge on any atom is -0.495 e. The number of ether oxygens (including phenoxy) is 1. The number of amides is 1. The van der Waals surface area contributed by atoms with Crippen molar-refractivity contribution in [2.75, 3.05) is 49.6 Å². The van der Waals surface area contributed by atoms with Gasteiger partial charge in [0.05, 0.1) is 18.5 Å². The zero-order valence-electron chi connectivity index (χ0n) is 17.4. The average molecular weight is 423 g/mol. The molecule has 0 saturated carbocycles. The Bertz CT molecular complexity index is 1000. The quantitative estimate of drug-likeness (QED) is 0.735. The molecule has 2 aromatic rings. The van der Waals surface area contributed by atoms with Crippen LogP contribution in [-0.4, -0.2) is 61.3 Å². The number of rotatable bonds is 5. The zero-order valence-corrected chi connectivity index (χ0v) is 18.2. The number of benzene rings is 2. The van der Waals surface area contributed by atoms with Gasteiger partial charge in [-0.05, 0) is 49.4 Å². The first-order valence-corrected chi connectivity index (χ1v) is 11.2. The molecule has 3 aliphatic heterocycles. The molecule has 1 fully saturated rings. The van der Waals surface area contributed by atoms with Crippen molar-refractivity contribution in [1.29, 1.82) is 0 Å². The van der Waals surface area contributed by atoms with Crippen LogP contribution in [0.15, 0.2) is 58.4 Å². The molecule has 0 spiro atoms. The first kappa shape index (κ1) is 19.5. The third-order valence-electron chi connectivity index (χ3n) is 6.36. The molecule has 156 valence electrons. The highest BCUT2D eigenvalue weighted by molar-refractivity contribution is 8.14. The minimum atomic E-state index is -0.602. The van der Waals surface area contributed by atoms with Gasteiger partial charge in [-0.2, -0.15) is 4.99 Å². The Hall–Kier alpha value is -2.51. The van der Waals surface area contributed by atoms with Gasteiger partial charge in [0.1, 0.15) is 11.3 Å². The summed E-state index contributed by atoms with van der Waals surface area (Å²) >= 11 is 1.60. The maximum Gasteiger partial charge on any atom is 0.274 e. The van der Waals surface area contributed by atoms with Crippen molar-refractivity contribution >= 4 is 34.2 Å². The van der Waals surface area contributed by atoms with Gasteiger partial charge in [-0.3, -0.25) is 9.69 Å². The molecule has 3 aliphatic rings. The largest absolute Gasteiger partial charge is 0.495 e. The summed E-state index contributed by atoms with van der Waals surface area (Å²) in [4.78, 5) is 25.4. The first-order chi connectivity index (χ1) is 14.6. The highest BCUT2D eigenvalue weighted by Gasteiger charge is 2.50. The van der Waals surface area contributed by atoms with Crippen LogP contribution in [0.25, 0.3) is 0 Å². The topological polar surface area (TPSA) is 48.4 Å². The average Bonchev–Trinajstić information content (AvgIpc) is 3.27. The van der Waals surface area contributed by atoms with Gasteiger partial charge in [-0.15, -0.1) is 0 Å². The van der Waals surface area contributed by atoms with E-state index in [1.165, 1.54) is 4.90 Å². The number of anilines is 2. The van der Waals surface area contributed by atoms with Crippen molar-refractivity contribution in [1.82, 2.24) is 4.90 Å². The van der Waals surface area contributed by atoms with Gasteiger partial charge in [-0.25, -0.2) is 0 Å². The Kier molecular flexibility index (Phi) is 4.95. The van der Waals surface area contributed by atoms with E-state index in [1.54, 1.807) is 18.9 Å². The Morgan fingerprint density at radius 1 is 1.03 bits per heavy atom. The second-order valence-corrected chi connectivity index (χ2v) is 9.14. The number of carbonyl (C=O) groups excluding carboxylic acids is 1. The third kappa shape index (κ3) is 3.17. The molecule has 1 saturated heterocycles. The number of thioether (sulfide) groups is 1. The fraction of sp³-hybridized carbons (Fsp3) is 0.391. The maximum atomic E-state index is 12.8. The highest BCUT2D eigenvalue weighted by atomic mass is 32.2. The first-order valence-electron chi connectivity index (χ1n) is 10.4. The van der Waals surface area contributed by atoms with E-state index in [0.717, 1.165) is 61.4 Å². The number of methoxy groups -OCH3 is 1. The molecule has 0 aromatic heterocycles. The number of para-hydroxylation sites is 3. The monoisotopic (exact) mass is 422 g/mol. The number of amidine groups is 1. The number of nitrogens with zero attached hydrogens (tertiary/aromatic N) is 4. The van der Waals surface area contributed by atoms with E-state index < -0.39 is 5.54 Å². The third-order valence-corrected chi connectivity index (χ3v) is 7.38. The van der Waals surface area contributed by atoms with Gasteiger partial charge < -0.3 is 14.5 Å². The molecule has 30 heavy (non-hydrogen) atoms. The summed E-state index contributed by atoms with van der Waals surface area (Å²) in [6.07, 6.45) is 0.766. The van der Waals surface area contributed by atoms with Crippen LogP contribution in [0.1, 0.15) is 13.3 Å². The van der Waals surface area contributed by atoms with Crippen molar-refractivity contribution < 1.29 is 9.53 Å². The molecule has 1 unspecified atom stereocenters. The van der Waals surface area contributed by atoms with Gasteiger partial charge in [0, 0.05) is 37.6 Å². The molecular weight excluding hydrogens is 396 g/mol. The van der Waals surface area contributed by atoms with Crippen molar-refractivity contribution in [2.45, 2.75) is 23.8 Å². The lowest BCUT2D eigenvalue weighted by Gasteiger charge is -2.39. The Morgan fingerprint density at radius 3 is 2.50 bits per heavy atom. The molecular formula is C23H26N4O2S. The van der Waals surface area contributed by atoms with Crippen LogP contribution < -0.4 is 14.5 Å². The van der Waals surface area contributed by atoms with Crippen LogP contribution in [0.5, 0.6) is 5.75 Å². The number of carbonyl (C=O) groups is 1. The van der Waals surface area contributed by atoms with E-state index in [0.29, 0.717) is 0 Å². The molecule has 5 rings (SSSR count). The van der Waals surface area contributed by atoms with Crippen molar-refractivity contribution in [2.24, 2.45) is 4.99 Å². The van der Waals surface area contributed by atoms with Crippen LogP contribution in [0, 0.1) is 0 Å². The smallest absolute Gasteiger partial charge is 0.274 e. The molecule has 3 heterocycles. The van der Waals surface area contributed by atoms with E-state index in [9.17, 15) is 4.79 Å². The number of aliphatic imine (C=N–C) groups is 1. The van der Waals surface area contributed by atoms with Crippen LogP contribution in [0.4, 0.5) is 11.4 Å². The summed E-state index contributed by atoms with van der Waals surface area (Å²) in [7, 11) is 1.72. The molecule has 6 nitrogen and oxygen atoms in total. The molecule has 7 heteroatoms. The number of hydrogen-bond acceptors (Lipinski definition) is 6. The van der Waals surface area contributed by atoms with E-state index >= 15 is 0 Å². The number of fused-ring (bicyclic) bond motifs is 3. The van der Waals surface area contributed by atoms with Gasteiger partial charge in [0.15, 0.2) is 5.17 Å². The van der Waals surface area contributed by atoms with Gasteiger partial charge in [0.2, 0.25) is 0 Å². The van der Waals surface area contributed by atoms with Gasteiger partial charge in [0.25, 0.3) is 5.91 Å². The Balaban J connectivity index is 1.24. The molecule has 2 aromatic carbocycles. The number of hydrogen-bond donors (Lipinski definition) is 0. The van der Waals surface area contributed by atoms with E-state index in [1.807, 2.05) is 31.2 Å². The van der Waals surface area contributed by atoms with Crippen molar-refractivity contribution in [3.05, 3.63) is 48.5 Å². The summed E-state index contributed by atoms with van der Waals surface area (Å²) in [5.74, 6) is 0.900. The van der Waals surface area contributed by atoms with Crippen LogP contribution in [0.2, 0.25) is 0 Å². The lowest BCUT2D eigenvalue weighted by Crippen LogP contribution is -2.52. The molecule has 1 amide bonds. The summed E-state index contributed by atoms with van der Waals surface area (Å²) in [6.45, 7) is 6.78. The molecule has 0 aliphatic carbocycles. The van der Waals surface area contributed by atoms with Crippen molar-refractivity contribution in [3.8, 4) is 5.75 Å². The second-order valence-electron chi connectivity index (χ2n) is 8.13. The van der Waals surface area contributed by atoms with Crippen LogP contribution in [-0.2, 0) is 4.79 Å². The summed E-state index contributed by atoms with van der Waals surface area (Å²) in [6, 6.07) is 16.4. The Labute approximate surface area is 181 Å². The SMILES string of the molecule is COc1ccccc1N1CCN(CCC2(C)C(=O)N=C3Sc4ccccc4N32)CC1. The van der Waals surface area contributed by atoms with Crippen LogP contribution in [0.3, 0.4) is 0 Å². The predicted molar refractivity (Wildman–Crippen MR) is 122 cm³/mol. The lowest BCUT2D eigenvalue weighted by molar-refractivity contribution is -0.121. The minimum absolute atomic E-state index is 0.0211. The van der Waals surface area contributed by atoms with Gasteiger partial charge in [-0.1, -0.05) is 24.3 Å². The summed E-state index contributed by atoms with van der Waals surface area (Å²) in [5.41, 5.74) is 1.66. The fourth-order valence-electron chi connectivity index (χ4n) is 4.53. The van der Waals surface area contributed by atoms with E-state index in [-0.39, 0.29) is 5.91 Å². The zero-order chi connectivity index (χ0) is 20.7. The van der Waals surface area contributed by atoms with Crippen LogP contribution >= 0.6 is 11.8 Å². The fourth-order valence-corrected chi connectivity index (χ4v) is 5.65. The number of piperazine rings is 1. The predicted octanol–water partition coefficient (Wildman–Crippen LogP) is 3.47. The normalized spacial score (nSPS) is 23.4. The molecule has 0 radical (unpaired) electrons. The molecule has 0 N–H and O–H groups in total. The summed E-state index contributed by atoms with van der Waals surface area (Å²) < 4.78 is 5.52. The van der Waals surface area contributed by atoms with E-state index in [2.05, 4.69) is 44.0 Å².